The van der Waals surface area contributed by atoms with Crippen molar-refractivity contribution in [3.8, 4) is 0 Å². The molecule has 1 rings (SSSR count). The van der Waals surface area contributed by atoms with E-state index < -0.39 is 0 Å². The molecule has 1 N–H and O–H groups in total. The molecular weight excluding hydrogens is 184 g/mol. The lowest BCUT2D eigenvalue weighted by Gasteiger charge is -2.31. The highest BCUT2D eigenvalue weighted by Gasteiger charge is 2.23. The lowest BCUT2D eigenvalue weighted by Crippen LogP contribution is -2.44. The van der Waals surface area contributed by atoms with Gasteiger partial charge in [0.05, 0.1) is 0 Å². The fraction of sp³-hybridized carbons (Fsp3) is 1.00. The molecule has 1 aliphatic carbocycles. The van der Waals surface area contributed by atoms with Crippen LogP contribution in [-0.2, 0) is 0 Å². The van der Waals surface area contributed by atoms with Crippen LogP contribution in [0.5, 0.6) is 0 Å². The molecule has 0 bridgehead atoms. The van der Waals surface area contributed by atoms with Gasteiger partial charge in [-0.1, -0.05) is 27.7 Å². The number of likely N-dealkylation sites (N-methyl/N-ethyl adjacent to an activating group) is 1. The summed E-state index contributed by atoms with van der Waals surface area (Å²) < 4.78 is 0. The predicted molar refractivity (Wildman–Crippen MR) is 67.2 cm³/mol. The third kappa shape index (κ3) is 4.98. The van der Waals surface area contributed by atoms with Crippen LogP contribution in [0.25, 0.3) is 0 Å². The van der Waals surface area contributed by atoms with Crippen LogP contribution < -0.4 is 5.32 Å². The third-order valence-electron chi connectivity index (χ3n) is 3.21. The van der Waals surface area contributed by atoms with Gasteiger partial charge in [0.15, 0.2) is 0 Å². The summed E-state index contributed by atoms with van der Waals surface area (Å²) in [6.45, 7) is 12.8. The maximum absolute atomic E-state index is 3.65. The molecule has 0 saturated heterocycles. The molecule has 1 saturated carbocycles. The highest BCUT2D eigenvalue weighted by Crippen LogP contribution is 2.19. The Labute approximate surface area is 95.4 Å². The van der Waals surface area contributed by atoms with Crippen molar-refractivity contribution in [3.05, 3.63) is 0 Å². The van der Waals surface area contributed by atoms with E-state index in [0.717, 1.165) is 18.0 Å². The molecule has 0 aromatic heterocycles. The smallest absolute Gasteiger partial charge is 0.0218 e. The monoisotopic (exact) mass is 212 g/mol. The van der Waals surface area contributed by atoms with E-state index in [1.165, 1.54) is 38.9 Å². The second kappa shape index (κ2) is 6.49. The Kier molecular flexibility index (Phi) is 5.62. The van der Waals surface area contributed by atoms with Gasteiger partial charge in [-0.3, -0.25) is 4.90 Å². The van der Waals surface area contributed by atoms with Crippen LogP contribution in [0, 0.1) is 5.92 Å². The van der Waals surface area contributed by atoms with Gasteiger partial charge in [-0.2, -0.15) is 0 Å². The number of rotatable bonds is 8. The van der Waals surface area contributed by atoms with Gasteiger partial charge in [-0.05, 0) is 31.7 Å². The first-order valence-corrected chi connectivity index (χ1v) is 6.64. The van der Waals surface area contributed by atoms with Gasteiger partial charge in [-0.15, -0.1) is 0 Å². The van der Waals surface area contributed by atoms with Crippen LogP contribution in [0.4, 0.5) is 0 Å². The molecule has 0 heterocycles. The van der Waals surface area contributed by atoms with E-state index in [-0.39, 0.29) is 0 Å². The van der Waals surface area contributed by atoms with Gasteiger partial charge < -0.3 is 5.32 Å². The minimum absolute atomic E-state index is 0.734. The first-order valence-electron chi connectivity index (χ1n) is 6.64. The fourth-order valence-corrected chi connectivity index (χ4v) is 2.13. The van der Waals surface area contributed by atoms with Gasteiger partial charge in [0.25, 0.3) is 0 Å². The van der Waals surface area contributed by atoms with E-state index in [1.807, 2.05) is 0 Å². The molecule has 1 fully saturated rings. The number of nitrogens with zero attached hydrogens (tertiary/aromatic N) is 1. The van der Waals surface area contributed by atoms with Gasteiger partial charge >= 0.3 is 0 Å². The number of hydrogen-bond acceptors (Lipinski definition) is 2. The fourth-order valence-electron chi connectivity index (χ4n) is 2.13. The Hall–Kier alpha value is -0.0800. The topological polar surface area (TPSA) is 15.3 Å². The summed E-state index contributed by atoms with van der Waals surface area (Å²) in [5, 5.41) is 3.65. The number of nitrogens with one attached hydrogen (secondary N) is 1. The first-order chi connectivity index (χ1) is 7.17. The SMILES string of the molecule is CCC(CNC1CC1)N(CC)CC(C)C. The van der Waals surface area contributed by atoms with Gasteiger partial charge in [0.1, 0.15) is 0 Å². The highest BCUT2D eigenvalue weighted by molar-refractivity contribution is 4.83. The van der Waals surface area contributed by atoms with E-state index in [2.05, 4.69) is 37.9 Å². The van der Waals surface area contributed by atoms with Crippen molar-refractivity contribution in [1.82, 2.24) is 10.2 Å². The zero-order chi connectivity index (χ0) is 11.3. The van der Waals surface area contributed by atoms with Crippen molar-refractivity contribution in [2.24, 2.45) is 5.92 Å². The molecule has 1 atom stereocenters. The normalized spacial score (nSPS) is 18.8. The largest absolute Gasteiger partial charge is 0.312 e. The van der Waals surface area contributed by atoms with Crippen LogP contribution in [0.1, 0.15) is 47.0 Å². The summed E-state index contributed by atoms with van der Waals surface area (Å²) in [4.78, 5) is 2.63. The van der Waals surface area contributed by atoms with Crippen LogP contribution in [0.3, 0.4) is 0 Å². The van der Waals surface area contributed by atoms with Crippen molar-refractivity contribution in [2.45, 2.75) is 59.0 Å². The number of hydrogen-bond donors (Lipinski definition) is 1. The molecule has 0 aromatic carbocycles. The van der Waals surface area contributed by atoms with Gasteiger partial charge in [0, 0.05) is 25.2 Å². The maximum Gasteiger partial charge on any atom is 0.0218 e. The standard InChI is InChI=1S/C13H28N2/c1-5-13(9-14-12-7-8-12)15(6-2)10-11(3)4/h11-14H,5-10H2,1-4H3. The van der Waals surface area contributed by atoms with E-state index >= 15 is 0 Å². The summed E-state index contributed by atoms with van der Waals surface area (Å²) in [5.74, 6) is 0.778. The first kappa shape index (κ1) is 13.0. The summed E-state index contributed by atoms with van der Waals surface area (Å²) in [7, 11) is 0. The van der Waals surface area contributed by atoms with Crippen molar-refractivity contribution in [1.29, 1.82) is 0 Å². The van der Waals surface area contributed by atoms with Crippen LogP contribution in [0.15, 0.2) is 0 Å². The highest BCUT2D eigenvalue weighted by atomic mass is 15.2. The van der Waals surface area contributed by atoms with Crippen molar-refractivity contribution >= 4 is 0 Å². The second-order valence-electron chi connectivity index (χ2n) is 5.23. The van der Waals surface area contributed by atoms with Crippen LogP contribution >= 0.6 is 0 Å². The second-order valence-corrected chi connectivity index (χ2v) is 5.23. The average Bonchev–Trinajstić information content (AvgIpc) is 3.00. The lowest BCUT2D eigenvalue weighted by atomic mass is 10.1. The predicted octanol–water partition coefficient (Wildman–Crippen LogP) is 2.49. The van der Waals surface area contributed by atoms with E-state index in [4.69, 9.17) is 0 Å². The molecule has 2 nitrogen and oxygen atoms in total. The third-order valence-corrected chi connectivity index (χ3v) is 3.21. The molecule has 1 aliphatic rings. The average molecular weight is 212 g/mol. The Bertz CT molecular complexity index is 164. The molecule has 0 radical (unpaired) electrons. The van der Waals surface area contributed by atoms with E-state index in [9.17, 15) is 0 Å². The van der Waals surface area contributed by atoms with Gasteiger partial charge in [-0.25, -0.2) is 0 Å². The quantitative estimate of drug-likeness (QED) is 0.665. The van der Waals surface area contributed by atoms with Crippen LogP contribution in [0.2, 0.25) is 0 Å². The van der Waals surface area contributed by atoms with Gasteiger partial charge in [0.2, 0.25) is 0 Å². The maximum atomic E-state index is 3.65. The van der Waals surface area contributed by atoms with Crippen molar-refractivity contribution in [3.63, 3.8) is 0 Å². The summed E-state index contributed by atoms with van der Waals surface area (Å²) in [5.41, 5.74) is 0. The Morgan fingerprint density at radius 3 is 2.33 bits per heavy atom. The van der Waals surface area contributed by atoms with Crippen molar-refractivity contribution in [2.75, 3.05) is 19.6 Å². The van der Waals surface area contributed by atoms with E-state index in [1.54, 1.807) is 0 Å². The Morgan fingerprint density at radius 1 is 1.27 bits per heavy atom. The van der Waals surface area contributed by atoms with Crippen molar-refractivity contribution < 1.29 is 0 Å². The minimum Gasteiger partial charge on any atom is -0.312 e. The van der Waals surface area contributed by atoms with Crippen LogP contribution in [-0.4, -0.2) is 36.6 Å². The molecule has 15 heavy (non-hydrogen) atoms. The Balaban J connectivity index is 2.30. The minimum atomic E-state index is 0.734. The molecule has 1 unspecified atom stereocenters. The molecule has 0 amide bonds. The lowest BCUT2D eigenvalue weighted by molar-refractivity contribution is 0.175. The zero-order valence-corrected chi connectivity index (χ0v) is 10.9. The summed E-state index contributed by atoms with van der Waals surface area (Å²) in [6.07, 6.45) is 4.06. The Morgan fingerprint density at radius 2 is 1.93 bits per heavy atom. The van der Waals surface area contributed by atoms with E-state index in [0.29, 0.717) is 0 Å². The molecule has 0 aromatic rings. The molecular formula is C13H28N2. The summed E-state index contributed by atoms with van der Waals surface area (Å²) in [6, 6.07) is 1.58. The zero-order valence-electron chi connectivity index (χ0n) is 10.9. The molecule has 90 valence electrons. The molecule has 2 heteroatoms. The molecule has 0 aliphatic heterocycles. The summed E-state index contributed by atoms with van der Waals surface area (Å²) >= 11 is 0. The molecule has 0 spiro atoms.